The van der Waals surface area contributed by atoms with Crippen LogP contribution in [-0.2, 0) is 19.1 Å². The predicted molar refractivity (Wildman–Crippen MR) is 70.3 cm³/mol. The third-order valence-corrected chi connectivity index (χ3v) is 3.85. The molecule has 1 unspecified atom stereocenters. The molecular weight excluding hydrogens is 268 g/mol. The fraction of sp³-hybridized carbons (Fsp3) is 0.462. The molecule has 0 saturated carbocycles. The van der Waals surface area contributed by atoms with Crippen LogP contribution in [0.4, 0.5) is 0 Å². The molecule has 1 atom stereocenters. The molecule has 1 aromatic carbocycles. The number of aryl methyl sites for hydroxylation is 1. The van der Waals surface area contributed by atoms with Gasteiger partial charge in [-0.25, -0.2) is 4.79 Å². The van der Waals surface area contributed by atoms with E-state index in [-0.39, 0.29) is 17.2 Å². The summed E-state index contributed by atoms with van der Waals surface area (Å²) in [6.45, 7) is 5.44. The van der Waals surface area contributed by atoms with Crippen LogP contribution in [0.15, 0.2) is 29.2 Å². The monoisotopic (exact) mass is 286 g/mol. The van der Waals surface area contributed by atoms with E-state index in [4.69, 9.17) is 9.29 Å². The molecule has 0 fully saturated rings. The molecule has 0 bridgehead atoms. The Labute approximate surface area is 113 Å². The van der Waals surface area contributed by atoms with Gasteiger partial charge in [0.2, 0.25) is 0 Å². The number of aliphatic carboxylic acids is 1. The second-order valence-electron chi connectivity index (χ2n) is 4.82. The van der Waals surface area contributed by atoms with Gasteiger partial charge in [-0.1, -0.05) is 31.5 Å². The largest absolute Gasteiger partial charge is 0.479 e. The highest BCUT2D eigenvalue weighted by Gasteiger charge is 2.27. The Kier molecular flexibility index (Phi) is 5.08. The molecule has 0 spiro atoms. The predicted octanol–water partition coefficient (Wildman–Crippen LogP) is 2.20. The van der Waals surface area contributed by atoms with Crippen molar-refractivity contribution < 1.29 is 22.5 Å². The number of hydrogen-bond acceptors (Lipinski definition) is 4. The van der Waals surface area contributed by atoms with Gasteiger partial charge in [-0.05, 0) is 31.4 Å². The smallest absolute Gasteiger partial charge is 0.334 e. The number of carboxylic acids is 1. The van der Waals surface area contributed by atoms with Crippen LogP contribution in [0.5, 0.6) is 0 Å². The van der Waals surface area contributed by atoms with Crippen LogP contribution in [0.1, 0.15) is 25.8 Å². The molecule has 1 aromatic rings. The quantitative estimate of drug-likeness (QED) is 0.811. The Morgan fingerprint density at radius 2 is 1.79 bits per heavy atom. The minimum absolute atomic E-state index is 0.0225. The van der Waals surface area contributed by atoms with E-state index in [1.807, 2.05) is 6.92 Å². The van der Waals surface area contributed by atoms with E-state index in [1.165, 1.54) is 12.1 Å². The molecule has 0 aromatic heterocycles. The van der Waals surface area contributed by atoms with E-state index in [2.05, 4.69) is 0 Å². The number of benzene rings is 1. The molecule has 0 aliphatic carbocycles. The van der Waals surface area contributed by atoms with Gasteiger partial charge >= 0.3 is 5.97 Å². The molecule has 6 heteroatoms. The van der Waals surface area contributed by atoms with Crippen molar-refractivity contribution in [3.63, 3.8) is 0 Å². The van der Waals surface area contributed by atoms with Crippen LogP contribution in [0.2, 0.25) is 0 Å². The lowest BCUT2D eigenvalue weighted by Crippen LogP contribution is -2.28. The highest BCUT2D eigenvalue weighted by atomic mass is 32.2. The van der Waals surface area contributed by atoms with Crippen molar-refractivity contribution in [2.75, 3.05) is 0 Å². The van der Waals surface area contributed by atoms with Crippen molar-refractivity contribution in [3.8, 4) is 0 Å². The normalized spacial score (nSPS) is 13.5. The summed E-state index contributed by atoms with van der Waals surface area (Å²) in [5.74, 6) is -1.25. The summed E-state index contributed by atoms with van der Waals surface area (Å²) in [6.07, 6.45) is -1.22. The van der Waals surface area contributed by atoms with Crippen molar-refractivity contribution >= 4 is 16.1 Å². The van der Waals surface area contributed by atoms with Crippen molar-refractivity contribution in [3.05, 3.63) is 29.8 Å². The maximum atomic E-state index is 12.0. The Bertz CT molecular complexity index is 531. The third-order valence-electron chi connectivity index (χ3n) is 2.51. The third kappa shape index (κ3) is 4.65. The van der Waals surface area contributed by atoms with Gasteiger partial charge < -0.3 is 5.11 Å². The van der Waals surface area contributed by atoms with Crippen LogP contribution in [0.3, 0.4) is 0 Å². The first-order valence-corrected chi connectivity index (χ1v) is 7.36. The van der Waals surface area contributed by atoms with E-state index >= 15 is 0 Å². The lowest BCUT2D eigenvalue weighted by molar-refractivity contribution is -0.145. The zero-order valence-electron chi connectivity index (χ0n) is 11.2. The van der Waals surface area contributed by atoms with Crippen molar-refractivity contribution in [1.82, 2.24) is 0 Å². The Morgan fingerprint density at radius 1 is 1.26 bits per heavy atom. The van der Waals surface area contributed by atoms with E-state index in [1.54, 1.807) is 26.0 Å². The Balaban J connectivity index is 2.94. The SMILES string of the molecule is Cc1ccc(S(=O)(=O)OC(CC(C)C)C(=O)O)cc1. The molecule has 0 amide bonds. The molecule has 1 N–H and O–H groups in total. The van der Waals surface area contributed by atoms with Gasteiger partial charge in [0.1, 0.15) is 0 Å². The Morgan fingerprint density at radius 3 is 2.21 bits per heavy atom. The summed E-state index contributed by atoms with van der Waals surface area (Å²) in [7, 11) is -4.05. The molecule has 1 rings (SSSR count). The van der Waals surface area contributed by atoms with E-state index in [0.717, 1.165) is 5.56 Å². The molecule has 19 heavy (non-hydrogen) atoms. The van der Waals surface area contributed by atoms with Crippen LogP contribution >= 0.6 is 0 Å². The molecule has 0 aliphatic heterocycles. The number of carbonyl (C=O) groups is 1. The number of hydrogen-bond donors (Lipinski definition) is 1. The lowest BCUT2D eigenvalue weighted by atomic mass is 10.1. The summed E-state index contributed by atoms with van der Waals surface area (Å²) in [6, 6.07) is 6.07. The average Bonchev–Trinajstić information content (AvgIpc) is 2.27. The highest BCUT2D eigenvalue weighted by Crippen LogP contribution is 2.18. The first kappa shape index (κ1) is 15.7. The average molecular weight is 286 g/mol. The van der Waals surface area contributed by atoms with E-state index in [0.29, 0.717) is 0 Å². The molecule has 0 radical (unpaired) electrons. The van der Waals surface area contributed by atoms with Gasteiger partial charge in [0, 0.05) is 0 Å². The molecule has 0 heterocycles. The number of carboxylic acid groups (broad SMARTS) is 1. The summed E-state index contributed by atoms with van der Waals surface area (Å²) in [5.41, 5.74) is 0.913. The van der Waals surface area contributed by atoms with E-state index in [9.17, 15) is 13.2 Å². The fourth-order valence-corrected chi connectivity index (χ4v) is 2.57. The van der Waals surface area contributed by atoms with Gasteiger partial charge in [-0.2, -0.15) is 8.42 Å². The molecule has 0 aliphatic rings. The van der Waals surface area contributed by atoms with Gasteiger partial charge in [0.25, 0.3) is 10.1 Å². The zero-order chi connectivity index (χ0) is 14.6. The standard InChI is InChI=1S/C13H18O5S/c1-9(2)8-12(13(14)15)18-19(16,17)11-6-4-10(3)5-7-11/h4-7,9,12H,8H2,1-3H3,(H,14,15). The van der Waals surface area contributed by atoms with Crippen molar-refractivity contribution in [2.45, 2.75) is 38.2 Å². The summed E-state index contributed by atoms with van der Waals surface area (Å²) >= 11 is 0. The maximum absolute atomic E-state index is 12.0. The topological polar surface area (TPSA) is 80.7 Å². The molecule has 106 valence electrons. The molecule has 0 saturated heterocycles. The van der Waals surface area contributed by atoms with Crippen LogP contribution in [-0.4, -0.2) is 25.6 Å². The van der Waals surface area contributed by atoms with Crippen molar-refractivity contribution in [1.29, 1.82) is 0 Å². The van der Waals surface area contributed by atoms with Gasteiger partial charge in [0.15, 0.2) is 6.10 Å². The van der Waals surface area contributed by atoms with Crippen LogP contribution < -0.4 is 0 Å². The van der Waals surface area contributed by atoms with Crippen LogP contribution in [0, 0.1) is 12.8 Å². The summed E-state index contributed by atoms with van der Waals surface area (Å²) in [4.78, 5) is 11.0. The zero-order valence-corrected chi connectivity index (χ0v) is 12.0. The van der Waals surface area contributed by atoms with Gasteiger partial charge in [0.05, 0.1) is 4.90 Å². The van der Waals surface area contributed by atoms with Gasteiger partial charge in [-0.3, -0.25) is 4.18 Å². The highest BCUT2D eigenvalue weighted by molar-refractivity contribution is 7.86. The molecule has 5 nitrogen and oxygen atoms in total. The first-order chi connectivity index (χ1) is 8.72. The second kappa shape index (κ2) is 6.16. The summed E-state index contributed by atoms with van der Waals surface area (Å²) < 4.78 is 28.7. The summed E-state index contributed by atoms with van der Waals surface area (Å²) in [5, 5.41) is 8.99. The van der Waals surface area contributed by atoms with Gasteiger partial charge in [-0.15, -0.1) is 0 Å². The first-order valence-electron chi connectivity index (χ1n) is 5.95. The Hall–Kier alpha value is -1.40. The minimum atomic E-state index is -4.05. The van der Waals surface area contributed by atoms with Crippen molar-refractivity contribution in [2.24, 2.45) is 5.92 Å². The van der Waals surface area contributed by atoms with E-state index < -0.39 is 22.2 Å². The fourth-order valence-electron chi connectivity index (χ4n) is 1.52. The lowest BCUT2D eigenvalue weighted by Gasteiger charge is -2.15. The maximum Gasteiger partial charge on any atom is 0.334 e. The van der Waals surface area contributed by atoms with Crippen LogP contribution in [0.25, 0.3) is 0 Å². The second-order valence-corrected chi connectivity index (χ2v) is 6.39. The molecular formula is C13H18O5S. The minimum Gasteiger partial charge on any atom is -0.479 e. The number of rotatable bonds is 6.